The highest BCUT2D eigenvalue weighted by Gasteiger charge is 2.30. The van der Waals surface area contributed by atoms with E-state index in [9.17, 15) is 14.4 Å². The van der Waals surface area contributed by atoms with Crippen LogP contribution in [0.3, 0.4) is 0 Å². The van der Waals surface area contributed by atoms with Gasteiger partial charge in [0.2, 0.25) is 5.89 Å². The van der Waals surface area contributed by atoms with E-state index in [1.54, 1.807) is 55.7 Å². The molecule has 2 N–H and O–H groups in total. The Labute approximate surface area is 247 Å². The number of benzene rings is 2. The standard InChI is InChI=1S/C31H31ClN4O6/c1-17-27(18-6-9-21(10-7-18)33-29(38)40-5)35-28(41-17)25-13-11-22-14-19(15-26(37)36(22)25)23-16-20(32)8-12-24(23)34-30(39)42-31(2,3)4/h6-10,12,14-16,25H,11,13H2,1-5H3,(H,33,38)(H,34,39)/t25-/m0/s1. The highest BCUT2D eigenvalue weighted by Crippen LogP contribution is 2.37. The second-order valence-corrected chi connectivity index (χ2v) is 11.4. The minimum absolute atomic E-state index is 0.219. The minimum atomic E-state index is -0.665. The molecule has 42 heavy (non-hydrogen) atoms. The average molecular weight is 591 g/mol. The fraction of sp³-hybridized carbons (Fsp3) is 0.290. The number of rotatable bonds is 5. The van der Waals surface area contributed by atoms with Gasteiger partial charge in [-0.1, -0.05) is 23.7 Å². The van der Waals surface area contributed by atoms with Gasteiger partial charge >= 0.3 is 12.2 Å². The van der Waals surface area contributed by atoms with Crippen LogP contribution in [0.25, 0.3) is 22.4 Å². The van der Waals surface area contributed by atoms with Crippen molar-refractivity contribution in [3.63, 3.8) is 0 Å². The summed E-state index contributed by atoms with van der Waals surface area (Å²) in [6.07, 6.45) is 0.113. The lowest BCUT2D eigenvalue weighted by molar-refractivity contribution is 0.0636. The van der Waals surface area contributed by atoms with E-state index in [-0.39, 0.29) is 11.6 Å². The van der Waals surface area contributed by atoms with E-state index < -0.39 is 17.8 Å². The molecular weight excluding hydrogens is 560 g/mol. The van der Waals surface area contributed by atoms with Crippen molar-refractivity contribution in [1.82, 2.24) is 9.55 Å². The zero-order chi connectivity index (χ0) is 30.2. The number of nitrogens with one attached hydrogen (secondary N) is 2. The number of oxazole rings is 1. The molecule has 0 saturated carbocycles. The summed E-state index contributed by atoms with van der Waals surface area (Å²) in [4.78, 5) is 42.2. The molecule has 0 unspecified atom stereocenters. The highest BCUT2D eigenvalue weighted by atomic mass is 35.5. The molecule has 0 bridgehead atoms. The molecule has 1 aliphatic heterocycles. The van der Waals surface area contributed by atoms with E-state index >= 15 is 0 Å². The van der Waals surface area contributed by atoms with Gasteiger partial charge in [-0.3, -0.25) is 15.4 Å². The number of hydrogen-bond acceptors (Lipinski definition) is 7. The average Bonchev–Trinajstić information content (AvgIpc) is 3.52. The Bertz CT molecular complexity index is 1720. The highest BCUT2D eigenvalue weighted by molar-refractivity contribution is 6.31. The molecule has 4 aromatic rings. The second-order valence-electron chi connectivity index (χ2n) is 11.0. The van der Waals surface area contributed by atoms with Gasteiger partial charge < -0.3 is 18.5 Å². The van der Waals surface area contributed by atoms with E-state index in [1.807, 2.05) is 25.1 Å². The fourth-order valence-electron chi connectivity index (χ4n) is 4.97. The van der Waals surface area contributed by atoms with Crippen molar-refractivity contribution in [2.45, 2.75) is 52.2 Å². The number of carbonyl (C=O) groups excluding carboxylic acids is 2. The molecule has 0 saturated heterocycles. The lowest BCUT2D eigenvalue weighted by Gasteiger charge is -2.21. The first kappa shape index (κ1) is 28.9. The fourth-order valence-corrected chi connectivity index (χ4v) is 5.14. The summed E-state index contributed by atoms with van der Waals surface area (Å²) in [6, 6.07) is 15.3. The maximum Gasteiger partial charge on any atom is 0.412 e. The van der Waals surface area contributed by atoms with Crippen LogP contribution in [-0.4, -0.2) is 34.4 Å². The second kappa shape index (κ2) is 11.4. The largest absolute Gasteiger partial charge is 0.453 e. The molecule has 2 aromatic heterocycles. The van der Waals surface area contributed by atoms with Crippen LogP contribution in [0, 0.1) is 6.92 Å². The maximum absolute atomic E-state index is 13.5. The van der Waals surface area contributed by atoms with Crippen molar-refractivity contribution in [1.29, 1.82) is 0 Å². The van der Waals surface area contributed by atoms with Crippen molar-refractivity contribution in [2.24, 2.45) is 0 Å². The Hall–Kier alpha value is -4.57. The summed E-state index contributed by atoms with van der Waals surface area (Å²) in [6.45, 7) is 7.18. The lowest BCUT2D eigenvalue weighted by atomic mass is 10.0. The Balaban J connectivity index is 1.43. The van der Waals surface area contributed by atoms with E-state index in [0.717, 1.165) is 11.3 Å². The zero-order valence-electron chi connectivity index (χ0n) is 23.9. The van der Waals surface area contributed by atoms with Gasteiger partial charge in [-0.05, 0) is 82.5 Å². The molecule has 1 atom stereocenters. The summed E-state index contributed by atoms with van der Waals surface area (Å²) in [5.74, 6) is 1.07. The van der Waals surface area contributed by atoms with Crippen LogP contribution < -0.4 is 16.2 Å². The molecule has 11 heteroatoms. The predicted molar refractivity (Wildman–Crippen MR) is 160 cm³/mol. The number of aromatic nitrogens is 2. The number of methoxy groups -OCH3 is 1. The summed E-state index contributed by atoms with van der Waals surface area (Å²) < 4.78 is 17.8. The topological polar surface area (TPSA) is 125 Å². The van der Waals surface area contributed by atoms with Crippen LogP contribution >= 0.6 is 11.6 Å². The van der Waals surface area contributed by atoms with E-state index in [1.165, 1.54) is 13.2 Å². The van der Waals surface area contributed by atoms with Crippen molar-refractivity contribution in [3.05, 3.63) is 87.3 Å². The van der Waals surface area contributed by atoms with Gasteiger partial charge in [-0.25, -0.2) is 14.6 Å². The molecule has 0 fully saturated rings. The third-order valence-corrected chi connectivity index (χ3v) is 6.99. The number of amides is 2. The van der Waals surface area contributed by atoms with Gasteiger partial charge in [0.15, 0.2) is 0 Å². The number of carbonyl (C=O) groups is 2. The van der Waals surface area contributed by atoms with E-state index in [4.69, 9.17) is 25.7 Å². The molecule has 0 spiro atoms. The number of hydrogen-bond donors (Lipinski definition) is 2. The van der Waals surface area contributed by atoms with Gasteiger partial charge in [0, 0.05) is 33.6 Å². The Morgan fingerprint density at radius 3 is 2.45 bits per heavy atom. The first-order valence-corrected chi connectivity index (χ1v) is 13.8. The number of aryl methyl sites for hydroxylation is 2. The lowest BCUT2D eigenvalue weighted by Crippen LogP contribution is -2.27. The van der Waals surface area contributed by atoms with Crippen molar-refractivity contribution in [2.75, 3.05) is 17.7 Å². The Morgan fingerprint density at radius 1 is 1.02 bits per heavy atom. The van der Waals surface area contributed by atoms with Crippen LogP contribution in [-0.2, 0) is 15.9 Å². The van der Waals surface area contributed by atoms with Gasteiger partial charge in [-0.2, -0.15) is 0 Å². The maximum atomic E-state index is 13.5. The first-order valence-electron chi connectivity index (χ1n) is 13.4. The molecule has 5 rings (SSSR count). The van der Waals surface area contributed by atoms with Gasteiger partial charge in [0.1, 0.15) is 23.1 Å². The molecule has 3 heterocycles. The minimum Gasteiger partial charge on any atom is -0.453 e. The molecule has 1 aliphatic rings. The summed E-state index contributed by atoms with van der Waals surface area (Å²) >= 11 is 6.30. The number of halogens is 1. The van der Waals surface area contributed by atoms with Crippen LogP contribution in [0.1, 0.15) is 50.6 Å². The quantitative estimate of drug-likeness (QED) is 0.252. The summed E-state index contributed by atoms with van der Waals surface area (Å²) in [5, 5.41) is 5.86. The Kier molecular flexibility index (Phi) is 7.83. The number of ether oxygens (including phenoxy) is 2. The molecular formula is C31H31ClN4O6. The molecule has 0 aliphatic carbocycles. The molecule has 10 nitrogen and oxygen atoms in total. The third kappa shape index (κ3) is 6.18. The number of fused-ring (bicyclic) bond motifs is 1. The number of nitrogens with zero attached hydrogens (tertiary/aromatic N) is 2. The van der Waals surface area contributed by atoms with Crippen LogP contribution in [0.2, 0.25) is 5.02 Å². The monoisotopic (exact) mass is 590 g/mol. The zero-order valence-corrected chi connectivity index (χ0v) is 24.7. The van der Waals surface area contributed by atoms with Crippen molar-refractivity contribution >= 4 is 35.2 Å². The molecule has 2 aromatic carbocycles. The normalized spacial score (nSPS) is 14.3. The number of pyridine rings is 1. The van der Waals surface area contributed by atoms with E-state index in [2.05, 4.69) is 15.4 Å². The van der Waals surface area contributed by atoms with Gasteiger partial charge in [0.25, 0.3) is 5.56 Å². The molecule has 0 radical (unpaired) electrons. The van der Waals surface area contributed by atoms with Crippen molar-refractivity contribution < 1.29 is 23.5 Å². The SMILES string of the molecule is COC(=O)Nc1ccc(-c2nc([C@@H]3CCc4cc(-c5cc(Cl)ccc5NC(=O)OC(C)(C)C)cc(=O)n43)oc2C)cc1. The summed E-state index contributed by atoms with van der Waals surface area (Å²) in [5.41, 5.74) is 3.71. The Morgan fingerprint density at radius 2 is 1.76 bits per heavy atom. The predicted octanol–water partition coefficient (Wildman–Crippen LogP) is 7.19. The smallest absolute Gasteiger partial charge is 0.412 e. The first-order chi connectivity index (χ1) is 19.9. The van der Waals surface area contributed by atoms with Gasteiger partial charge in [0.05, 0.1) is 12.8 Å². The van der Waals surface area contributed by atoms with E-state index in [0.29, 0.717) is 57.7 Å². The molecule has 218 valence electrons. The van der Waals surface area contributed by atoms with Crippen LogP contribution in [0.5, 0.6) is 0 Å². The third-order valence-electron chi connectivity index (χ3n) is 6.75. The van der Waals surface area contributed by atoms with Crippen molar-refractivity contribution in [3.8, 4) is 22.4 Å². The molecule has 2 amide bonds. The number of anilines is 2. The van der Waals surface area contributed by atoms with Crippen LogP contribution in [0.4, 0.5) is 21.0 Å². The van der Waals surface area contributed by atoms with Crippen LogP contribution in [0.15, 0.2) is 63.8 Å². The van der Waals surface area contributed by atoms with Gasteiger partial charge in [-0.15, -0.1) is 0 Å². The summed E-state index contributed by atoms with van der Waals surface area (Å²) in [7, 11) is 1.30.